The zero-order valence-corrected chi connectivity index (χ0v) is 9.24. The number of aromatic nitrogens is 3. The van der Waals surface area contributed by atoms with E-state index in [9.17, 15) is 0 Å². The number of rotatable bonds is 1. The molecule has 1 aliphatic heterocycles. The van der Waals surface area contributed by atoms with E-state index < -0.39 is 0 Å². The van der Waals surface area contributed by atoms with Gasteiger partial charge in [0.2, 0.25) is 0 Å². The molecule has 0 saturated carbocycles. The van der Waals surface area contributed by atoms with Crippen LogP contribution in [0.1, 0.15) is 11.4 Å². The minimum absolute atomic E-state index is 0.643. The molecule has 5 heteroatoms. The lowest BCUT2D eigenvalue weighted by Gasteiger charge is -2.28. The van der Waals surface area contributed by atoms with E-state index in [2.05, 4.69) is 25.5 Å². The van der Waals surface area contributed by atoms with Crippen molar-refractivity contribution >= 4 is 5.82 Å². The smallest absolute Gasteiger partial charge is 0.130 e. The van der Waals surface area contributed by atoms with E-state index >= 15 is 0 Å². The van der Waals surface area contributed by atoms with E-state index in [-0.39, 0.29) is 0 Å². The van der Waals surface area contributed by atoms with Crippen LogP contribution in [-0.2, 0) is 13.1 Å². The van der Waals surface area contributed by atoms with E-state index in [1.807, 2.05) is 18.5 Å². The van der Waals surface area contributed by atoms with Gasteiger partial charge in [-0.2, -0.15) is 5.26 Å². The maximum absolute atomic E-state index is 8.87. The summed E-state index contributed by atoms with van der Waals surface area (Å²) in [6.45, 7) is 2.55. The quantitative estimate of drug-likeness (QED) is 0.731. The molecular formula is C12H11N5. The third-order valence-electron chi connectivity index (χ3n) is 2.94. The first-order chi connectivity index (χ1) is 8.36. The third-order valence-corrected chi connectivity index (χ3v) is 2.94. The minimum atomic E-state index is 0.643. The van der Waals surface area contributed by atoms with Gasteiger partial charge >= 0.3 is 0 Å². The van der Waals surface area contributed by atoms with Crippen molar-refractivity contribution in [3.8, 4) is 6.07 Å². The molecule has 0 aromatic carbocycles. The standard InChI is InChI=1S/C12H11N5/c13-8-10-1-2-14-11(7-10)17-6-5-16-4-3-15-12(16)9-17/h1-4,7H,5-6,9H2. The summed E-state index contributed by atoms with van der Waals surface area (Å²) in [5.41, 5.74) is 0.643. The van der Waals surface area contributed by atoms with Crippen LogP contribution in [0.15, 0.2) is 30.7 Å². The van der Waals surface area contributed by atoms with Crippen LogP contribution >= 0.6 is 0 Å². The van der Waals surface area contributed by atoms with Crippen molar-refractivity contribution in [1.29, 1.82) is 5.26 Å². The Labute approximate surface area is 99.0 Å². The molecule has 2 aromatic rings. The summed E-state index contributed by atoms with van der Waals surface area (Å²) in [5, 5.41) is 8.87. The molecule has 3 heterocycles. The number of hydrogen-bond acceptors (Lipinski definition) is 4. The predicted molar refractivity (Wildman–Crippen MR) is 62.2 cm³/mol. The highest BCUT2D eigenvalue weighted by Gasteiger charge is 2.17. The molecule has 0 spiro atoms. The third kappa shape index (κ3) is 1.74. The van der Waals surface area contributed by atoms with Crippen molar-refractivity contribution in [2.24, 2.45) is 0 Å². The molecule has 0 N–H and O–H groups in total. The maximum atomic E-state index is 8.87. The Morgan fingerprint density at radius 2 is 2.18 bits per heavy atom. The summed E-state index contributed by atoms with van der Waals surface area (Å²) in [6.07, 6.45) is 5.48. The fraction of sp³-hybridized carbons (Fsp3) is 0.250. The maximum Gasteiger partial charge on any atom is 0.130 e. The van der Waals surface area contributed by atoms with Crippen LogP contribution in [0.25, 0.3) is 0 Å². The molecule has 0 saturated heterocycles. The molecule has 0 atom stereocenters. The molecule has 0 bridgehead atoms. The molecule has 2 aromatic heterocycles. The van der Waals surface area contributed by atoms with Crippen LogP contribution in [0.3, 0.4) is 0 Å². The summed E-state index contributed by atoms with van der Waals surface area (Å²) in [6, 6.07) is 5.67. The van der Waals surface area contributed by atoms with Gasteiger partial charge in [0.15, 0.2) is 0 Å². The minimum Gasteiger partial charge on any atom is -0.347 e. The van der Waals surface area contributed by atoms with Gasteiger partial charge in [-0.3, -0.25) is 0 Å². The summed E-state index contributed by atoms with van der Waals surface area (Å²) < 4.78 is 2.14. The van der Waals surface area contributed by atoms with Gasteiger partial charge in [0.05, 0.1) is 18.2 Å². The van der Waals surface area contributed by atoms with Crippen LogP contribution in [0.2, 0.25) is 0 Å². The summed E-state index contributed by atoms with van der Waals surface area (Å²) in [4.78, 5) is 10.8. The SMILES string of the molecule is N#Cc1ccnc(N2CCn3ccnc3C2)c1. The summed E-state index contributed by atoms with van der Waals surface area (Å²) >= 11 is 0. The number of imidazole rings is 1. The normalized spacial score (nSPS) is 14.2. The highest BCUT2D eigenvalue weighted by molar-refractivity contribution is 5.45. The zero-order chi connectivity index (χ0) is 11.7. The van der Waals surface area contributed by atoms with Gasteiger partial charge in [-0.05, 0) is 12.1 Å². The average Bonchev–Trinajstić information content (AvgIpc) is 2.86. The van der Waals surface area contributed by atoms with E-state index in [1.54, 1.807) is 12.3 Å². The van der Waals surface area contributed by atoms with Gasteiger partial charge in [0, 0.05) is 31.7 Å². The molecule has 5 nitrogen and oxygen atoms in total. The Balaban J connectivity index is 1.89. The summed E-state index contributed by atoms with van der Waals surface area (Å²) in [7, 11) is 0. The molecule has 0 radical (unpaired) electrons. The lowest BCUT2D eigenvalue weighted by molar-refractivity contribution is 0.556. The van der Waals surface area contributed by atoms with Crippen molar-refractivity contribution in [1.82, 2.24) is 14.5 Å². The number of anilines is 1. The molecule has 3 rings (SSSR count). The van der Waals surface area contributed by atoms with Gasteiger partial charge in [0.25, 0.3) is 0 Å². The highest BCUT2D eigenvalue weighted by atomic mass is 15.3. The van der Waals surface area contributed by atoms with Gasteiger partial charge in [-0.25, -0.2) is 9.97 Å². The Bertz CT molecular complexity index is 581. The Morgan fingerprint density at radius 3 is 3.06 bits per heavy atom. The van der Waals surface area contributed by atoms with Crippen molar-refractivity contribution < 1.29 is 0 Å². The number of nitriles is 1. The predicted octanol–water partition coefficient (Wildman–Crippen LogP) is 1.17. The van der Waals surface area contributed by atoms with E-state index in [0.29, 0.717) is 5.56 Å². The zero-order valence-electron chi connectivity index (χ0n) is 9.24. The molecule has 0 fully saturated rings. The van der Waals surface area contributed by atoms with Gasteiger partial charge in [-0.1, -0.05) is 0 Å². The number of hydrogen-bond donors (Lipinski definition) is 0. The second kappa shape index (κ2) is 3.91. The molecule has 0 amide bonds. The van der Waals surface area contributed by atoms with Crippen molar-refractivity contribution in [2.75, 3.05) is 11.4 Å². The Morgan fingerprint density at radius 1 is 1.24 bits per heavy atom. The van der Waals surface area contributed by atoms with Gasteiger partial charge in [0.1, 0.15) is 11.6 Å². The molecule has 17 heavy (non-hydrogen) atoms. The van der Waals surface area contributed by atoms with Crippen LogP contribution in [0.5, 0.6) is 0 Å². The van der Waals surface area contributed by atoms with E-state index in [4.69, 9.17) is 5.26 Å². The van der Waals surface area contributed by atoms with Gasteiger partial charge < -0.3 is 9.47 Å². The number of nitrogens with zero attached hydrogens (tertiary/aromatic N) is 5. The molecule has 0 aliphatic carbocycles. The van der Waals surface area contributed by atoms with Crippen LogP contribution in [0, 0.1) is 11.3 Å². The first-order valence-corrected chi connectivity index (χ1v) is 5.48. The fourth-order valence-electron chi connectivity index (χ4n) is 2.03. The van der Waals surface area contributed by atoms with E-state index in [0.717, 1.165) is 31.3 Å². The van der Waals surface area contributed by atoms with E-state index in [1.165, 1.54) is 0 Å². The van der Waals surface area contributed by atoms with Gasteiger partial charge in [-0.15, -0.1) is 0 Å². The average molecular weight is 225 g/mol. The highest BCUT2D eigenvalue weighted by Crippen LogP contribution is 2.18. The molecule has 84 valence electrons. The lowest BCUT2D eigenvalue weighted by Crippen LogP contribution is -2.34. The number of fused-ring (bicyclic) bond motifs is 1. The largest absolute Gasteiger partial charge is 0.347 e. The fourth-order valence-corrected chi connectivity index (χ4v) is 2.03. The molecule has 1 aliphatic rings. The van der Waals surface area contributed by atoms with Crippen LogP contribution < -0.4 is 4.90 Å². The number of pyridine rings is 1. The monoisotopic (exact) mass is 225 g/mol. The summed E-state index contributed by atoms with van der Waals surface area (Å²) in [5.74, 6) is 1.89. The molecular weight excluding hydrogens is 214 g/mol. The topological polar surface area (TPSA) is 57.7 Å². The van der Waals surface area contributed by atoms with Crippen molar-refractivity contribution in [3.05, 3.63) is 42.1 Å². The van der Waals surface area contributed by atoms with Crippen molar-refractivity contribution in [2.45, 2.75) is 13.1 Å². The van der Waals surface area contributed by atoms with Crippen molar-refractivity contribution in [3.63, 3.8) is 0 Å². The Hall–Kier alpha value is -2.35. The van der Waals surface area contributed by atoms with Crippen LogP contribution in [0.4, 0.5) is 5.82 Å². The Kier molecular flexibility index (Phi) is 2.26. The lowest BCUT2D eigenvalue weighted by atomic mass is 10.2. The first kappa shape index (κ1) is 9.85. The second-order valence-corrected chi connectivity index (χ2v) is 3.97. The van der Waals surface area contributed by atoms with Crippen LogP contribution in [-0.4, -0.2) is 21.1 Å². The second-order valence-electron chi connectivity index (χ2n) is 3.97. The first-order valence-electron chi connectivity index (χ1n) is 5.48. The molecule has 0 unspecified atom stereocenters.